The molecule has 0 spiro atoms. The summed E-state index contributed by atoms with van der Waals surface area (Å²) in [6, 6.07) is 20.9. The molecule has 0 saturated heterocycles. The summed E-state index contributed by atoms with van der Waals surface area (Å²) in [6.45, 7) is 1.95. The summed E-state index contributed by atoms with van der Waals surface area (Å²) in [5.74, 6) is -0.424. The molecule has 0 radical (unpaired) electrons. The number of carbonyl (C=O) groups is 2. The lowest BCUT2D eigenvalue weighted by molar-refractivity contribution is -0.129. The molecule has 3 aromatic rings. The van der Waals surface area contributed by atoms with E-state index in [0.29, 0.717) is 27.5 Å². The maximum atomic E-state index is 12.2. The number of rotatable bonds is 4. The number of halogens is 1. The van der Waals surface area contributed by atoms with E-state index in [-0.39, 0.29) is 11.6 Å². The highest BCUT2D eigenvalue weighted by atomic mass is 35.5. The van der Waals surface area contributed by atoms with Crippen LogP contribution in [-0.4, -0.2) is 17.8 Å². The van der Waals surface area contributed by atoms with Crippen LogP contribution in [0.1, 0.15) is 27.0 Å². The Morgan fingerprint density at radius 2 is 1.70 bits per heavy atom. The lowest BCUT2D eigenvalue weighted by Gasteiger charge is -2.05. The minimum absolute atomic E-state index is 0.161. The number of aryl methyl sites for hydroxylation is 1. The van der Waals surface area contributed by atoms with Crippen LogP contribution in [-0.2, 0) is 9.53 Å². The van der Waals surface area contributed by atoms with Gasteiger partial charge in [-0.15, -0.1) is 0 Å². The van der Waals surface area contributed by atoms with Crippen molar-refractivity contribution < 1.29 is 19.1 Å². The molecule has 0 saturated carbocycles. The summed E-state index contributed by atoms with van der Waals surface area (Å²) in [4.78, 5) is 28.6. The highest BCUT2D eigenvalue weighted by Gasteiger charge is 2.25. The summed E-state index contributed by atoms with van der Waals surface area (Å²) < 4.78 is 10.6. The first-order valence-electron chi connectivity index (χ1n) is 9.16. The zero-order chi connectivity index (χ0) is 21.1. The minimum Gasteiger partial charge on any atom is -0.423 e. The fourth-order valence-corrected chi connectivity index (χ4v) is 3.02. The smallest absolute Gasteiger partial charge is 0.363 e. The van der Waals surface area contributed by atoms with Crippen LogP contribution in [0.3, 0.4) is 0 Å². The fraction of sp³-hybridized carbons (Fsp3) is 0.0417. The van der Waals surface area contributed by atoms with Crippen molar-refractivity contribution in [2.24, 2.45) is 4.99 Å². The summed E-state index contributed by atoms with van der Waals surface area (Å²) in [5, 5.41) is 0.449. The van der Waals surface area contributed by atoms with Gasteiger partial charge in [-0.05, 0) is 55.0 Å². The van der Waals surface area contributed by atoms with E-state index in [1.54, 1.807) is 66.7 Å². The third kappa shape index (κ3) is 4.31. The Hall–Kier alpha value is -3.70. The number of hydrogen-bond acceptors (Lipinski definition) is 5. The van der Waals surface area contributed by atoms with Crippen LogP contribution in [0.4, 0.5) is 0 Å². The molecule has 0 atom stereocenters. The van der Waals surface area contributed by atoms with Crippen LogP contribution in [0.25, 0.3) is 6.08 Å². The highest BCUT2D eigenvalue weighted by Crippen LogP contribution is 2.24. The van der Waals surface area contributed by atoms with Gasteiger partial charge in [-0.25, -0.2) is 14.6 Å². The number of nitrogens with zero attached hydrogens (tertiary/aromatic N) is 1. The third-order valence-electron chi connectivity index (χ3n) is 4.41. The predicted octanol–water partition coefficient (Wildman–Crippen LogP) is 5.21. The van der Waals surface area contributed by atoms with Gasteiger partial charge in [0.15, 0.2) is 5.70 Å². The van der Waals surface area contributed by atoms with Crippen molar-refractivity contribution in [3.05, 3.63) is 106 Å². The van der Waals surface area contributed by atoms with E-state index in [9.17, 15) is 9.59 Å². The maximum absolute atomic E-state index is 12.2. The topological polar surface area (TPSA) is 65.0 Å². The van der Waals surface area contributed by atoms with Gasteiger partial charge in [0.05, 0.1) is 16.1 Å². The molecule has 0 fully saturated rings. The van der Waals surface area contributed by atoms with Gasteiger partial charge in [0.1, 0.15) is 5.75 Å². The van der Waals surface area contributed by atoms with Crippen molar-refractivity contribution in [1.29, 1.82) is 0 Å². The Labute approximate surface area is 178 Å². The summed E-state index contributed by atoms with van der Waals surface area (Å²) >= 11 is 6.14. The number of aliphatic imine (C=N–C) groups is 1. The molecule has 0 unspecified atom stereocenters. The van der Waals surface area contributed by atoms with Crippen LogP contribution in [0, 0.1) is 6.92 Å². The van der Waals surface area contributed by atoms with Crippen molar-refractivity contribution in [2.45, 2.75) is 6.92 Å². The van der Waals surface area contributed by atoms with E-state index in [2.05, 4.69) is 4.99 Å². The largest absolute Gasteiger partial charge is 0.423 e. The first-order valence-corrected chi connectivity index (χ1v) is 9.54. The van der Waals surface area contributed by atoms with Gasteiger partial charge in [0.2, 0.25) is 5.90 Å². The Kier molecular flexibility index (Phi) is 5.46. The van der Waals surface area contributed by atoms with E-state index in [1.807, 2.05) is 19.1 Å². The fourth-order valence-electron chi connectivity index (χ4n) is 2.80. The van der Waals surface area contributed by atoms with Gasteiger partial charge >= 0.3 is 11.9 Å². The van der Waals surface area contributed by atoms with Crippen LogP contribution in [0.2, 0.25) is 5.02 Å². The molecule has 0 amide bonds. The molecule has 1 aliphatic heterocycles. The average Bonchev–Trinajstić information content (AvgIpc) is 3.10. The lowest BCUT2D eigenvalue weighted by atomic mass is 10.1. The monoisotopic (exact) mass is 417 g/mol. The molecule has 0 N–H and O–H groups in total. The first kappa shape index (κ1) is 19.6. The second kappa shape index (κ2) is 8.35. The summed E-state index contributed by atoms with van der Waals surface area (Å²) in [6.07, 6.45) is 1.59. The zero-order valence-electron chi connectivity index (χ0n) is 16.0. The molecule has 1 heterocycles. The Morgan fingerprint density at radius 3 is 2.40 bits per heavy atom. The molecule has 30 heavy (non-hydrogen) atoms. The Bertz CT molecular complexity index is 1180. The molecule has 0 aromatic heterocycles. The highest BCUT2D eigenvalue weighted by molar-refractivity contribution is 6.34. The molecule has 3 aromatic carbocycles. The van der Waals surface area contributed by atoms with Gasteiger partial charge in [-0.2, -0.15) is 0 Å². The standard InChI is InChI=1S/C24H16ClNO4/c1-15-6-10-17(11-7-15)23(27)29-18-12-8-16(9-13-18)14-21-24(28)30-22(26-21)19-4-2-3-5-20(19)25/h2-14H,1H3/b21-14-. The van der Waals surface area contributed by atoms with E-state index in [1.165, 1.54) is 0 Å². The number of hydrogen-bond donors (Lipinski definition) is 0. The van der Waals surface area contributed by atoms with Crippen LogP contribution >= 0.6 is 11.6 Å². The van der Waals surface area contributed by atoms with Crippen LogP contribution in [0.15, 0.2) is 83.5 Å². The molecule has 0 bridgehead atoms. The molecular weight excluding hydrogens is 402 g/mol. The quantitative estimate of drug-likeness (QED) is 0.332. The summed E-state index contributed by atoms with van der Waals surface area (Å²) in [7, 11) is 0. The maximum Gasteiger partial charge on any atom is 0.363 e. The third-order valence-corrected chi connectivity index (χ3v) is 4.74. The summed E-state index contributed by atoms with van der Waals surface area (Å²) in [5.41, 5.74) is 2.96. The lowest BCUT2D eigenvalue weighted by Crippen LogP contribution is -2.08. The second-order valence-corrected chi connectivity index (χ2v) is 7.05. The number of esters is 2. The van der Waals surface area contributed by atoms with Crippen molar-refractivity contribution in [1.82, 2.24) is 0 Å². The SMILES string of the molecule is Cc1ccc(C(=O)Oc2ccc(/C=C3\N=C(c4ccccc4Cl)OC3=O)cc2)cc1. The molecule has 0 aliphatic carbocycles. The molecule has 5 nitrogen and oxygen atoms in total. The van der Waals surface area contributed by atoms with Gasteiger partial charge in [-0.3, -0.25) is 0 Å². The predicted molar refractivity (Wildman–Crippen MR) is 115 cm³/mol. The zero-order valence-corrected chi connectivity index (χ0v) is 16.7. The Morgan fingerprint density at radius 1 is 1.00 bits per heavy atom. The number of ether oxygens (including phenoxy) is 2. The van der Waals surface area contributed by atoms with E-state index in [4.69, 9.17) is 21.1 Å². The van der Waals surface area contributed by atoms with Gasteiger partial charge in [0.25, 0.3) is 0 Å². The van der Waals surface area contributed by atoms with Crippen molar-refractivity contribution in [3.8, 4) is 5.75 Å². The van der Waals surface area contributed by atoms with E-state index in [0.717, 1.165) is 5.56 Å². The molecule has 148 valence electrons. The first-order chi connectivity index (χ1) is 14.5. The second-order valence-electron chi connectivity index (χ2n) is 6.64. The average molecular weight is 418 g/mol. The molecule has 4 rings (SSSR count). The normalized spacial score (nSPS) is 14.4. The Balaban J connectivity index is 1.49. The molecule has 1 aliphatic rings. The van der Waals surface area contributed by atoms with Crippen molar-refractivity contribution in [3.63, 3.8) is 0 Å². The van der Waals surface area contributed by atoms with Gasteiger partial charge in [-0.1, -0.05) is 53.6 Å². The van der Waals surface area contributed by atoms with Gasteiger partial charge in [0, 0.05) is 0 Å². The van der Waals surface area contributed by atoms with E-state index >= 15 is 0 Å². The van der Waals surface area contributed by atoms with Crippen LogP contribution < -0.4 is 4.74 Å². The van der Waals surface area contributed by atoms with Crippen LogP contribution in [0.5, 0.6) is 5.75 Å². The minimum atomic E-state index is -0.556. The molecular formula is C24H16ClNO4. The number of benzene rings is 3. The van der Waals surface area contributed by atoms with E-state index < -0.39 is 11.9 Å². The van der Waals surface area contributed by atoms with Crippen molar-refractivity contribution >= 4 is 35.5 Å². The molecule has 6 heteroatoms. The number of cyclic esters (lactones) is 1. The van der Waals surface area contributed by atoms with Crippen molar-refractivity contribution in [2.75, 3.05) is 0 Å². The number of carbonyl (C=O) groups excluding carboxylic acids is 2. The van der Waals surface area contributed by atoms with Gasteiger partial charge < -0.3 is 9.47 Å².